The molecule has 0 saturated heterocycles. The minimum Gasteiger partial charge on any atom is -0.274 e. The van der Waals surface area contributed by atoms with Crippen LogP contribution in [0, 0.1) is 11.9 Å². The number of halogens is 3. The van der Waals surface area contributed by atoms with Gasteiger partial charge in [-0.05, 0) is 39.5 Å². The van der Waals surface area contributed by atoms with Gasteiger partial charge < -0.3 is 0 Å². The van der Waals surface area contributed by atoms with Crippen LogP contribution in [0.4, 0.5) is 14.5 Å². The van der Waals surface area contributed by atoms with E-state index in [9.17, 15) is 17.2 Å². The maximum absolute atomic E-state index is 13.2. The molecule has 96 valence electrons. The average molecular weight is 355 g/mol. The molecule has 0 amide bonds. The quantitative estimate of drug-likeness (QED) is 0.862. The zero-order valence-corrected chi connectivity index (χ0v) is 11.7. The molecule has 2 heterocycles. The second kappa shape index (κ2) is 4.90. The number of sulfonamides is 1. The molecule has 2 rings (SSSR count). The Morgan fingerprint density at radius 3 is 2.56 bits per heavy atom. The molecule has 4 nitrogen and oxygen atoms in total. The van der Waals surface area contributed by atoms with Crippen LogP contribution in [0.3, 0.4) is 0 Å². The van der Waals surface area contributed by atoms with Gasteiger partial charge in [0.1, 0.15) is 5.69 Å². The zero-order valence-electron chi connectivity index (χ0n) is 8.52. The fourth-order valence-corrected chi connectivity index (χ4v) is 4.54. The Morgan fingerprint density at radius 2 is 2.00 bits per heavy atom. The van der Waals surface area contributed by atoms with Crippen LogP contribution in [0.15, 0.2) is 32.3 Å². The normalized spacial score (nSPS) is 11.5. The molecule has 0 bridgehead atoms. The van der Waals surface area contributed by atoms with Gasteiger partial charge in [-0.25, -0.2) is 8.42 Å². The van der Waals surface area contributed by atoms with Crippen molar-refractivity contribution >= 4 is 43.0 Å². The van der Waals surface area contributed by atoms with Gasteiger partial charge in [0.2, 0.25) is 11.9 Å². The Labute approximate surface area is 114 Å². The van der Waals surface area contributed by atoms with E-state index < -0.39 is 27.6 Å². The van der Waals surface area contributed by atoms with E-state index in [4.69, 9.17) is 0 Å². The monoisotopic (exact) mass is 354 g/mol. The lowest BCUT2D eigenvalue weighted by Gasteiger charge is -2.07. The summed E-state index contributed by atoms with van der Waals surface area (Å²) >= 11 is 4.04. The number of rotatable bonds is 3. The van der Waals surface area contributed by atoms with E-state index >= 15 is 0 Å². The number of aromatic nitrogens is 1. The Bertz CT molecular complexity index is 688. The smallest absolute Gasteiger partial charge is 0.272 e. The SMILES string of the molecule is O=S(=O)(Nc1ccc(F)nc1F)c1sccc1Br. The summed E-state index contributed by atoms with van der Waals surface area (Å²) < 4.78 is 52.0. The highest BCUT2D eigenvalue weighted by Gasteiger charge is 2.21. The molecule has 2 aromatic heterocycles. The summed E-state index contributed by atoms with van der Waals surface area (Å²) in [5, 5.41) is 1.57. The van der Waals surface area contributed by atoms with E-state index in [0.717, 1.165) is 23.5 Å². The van der Waals surface area contributed by atoms with E-state index in [0.29, 0.717) is 4.47 Å². The number of nitrogens with zero attached hydrogens (tertiary/aromatic N) is 1. The second-order valence-electron chi connectivity index (χ2n) is 3.13. The van der Waals surface area contributed by atoms with Crippen molar-refractivity contribution in [1.29, 1.82) is 0 Å². The third-order valence-corrected chi connectivity index (χ3v) is 5.92. The van der Waals surface area contributed by atoms with Gasteiger partial charge in [0.25, 0.3) is 10.0 Å². The second-order valence-corrected chi connectivity index (χ2v) is 6.78. The lowest BCUT2D eigenvalue weighted by atomic mass is 10.4. The molecule has 0 aliphatic carbocycles. The largest absolute Gasteiger partial charge is 0.274 e. The van der Waals surface area contributed by atoms with Crippen LogP contribution < -0.4 is 4.72 Å². The molecule has 0 radical (unpaired) electrons. The molecule has 0 aliphatic rings. The maximum atomic E-state index is 13.2. The topological polar surface area (TPSA) is 59.1 Å². The van der Waals surface area contributed by atoms with E-state index in [2.05, 4.69) is 20.9 Å². The van der Waals surface area contributed by atoms with Gasteiger partial charge in [0.05, 0.1) is 0 Å². The van der Waals surface area contributed by atoms with Gasteiger partial charge in [-0.3, -0.25) is 4.72 Å². The molecule has 0 saturated carbocycles. The van der Waals surface area contributed by atoms with Crippen molar-refractivity contribution in [2.75, 3.05) is 4.72 Å². The fraction of sp³-hybridized carbons (Fsp3) is 0. The Kier molecular flexibility index (Phi) is 3.64. The number of hydrogen-bond donors (Lipinski definition) is 1. The summed E-state index contributed by atoms with van der Waals surface area (Å²) in [7, 11) is -3.92. The third-order valence-electron chi connectivity index (χ3n) is 1.89. The number of thiophene rings is 1. The molecule has 0 spiro atoms. The highest BCUT2D eigenvalue weighted by molar-refractivity contribution is 9.10. The first-order chi connectivity index (χ1) is 8.40. The van der Waals surface area contributed by atoms with Crippen LogP contribution in [0.5, 0.6) is 0 Å². The fourth-order valence-electron chi connectivity index (χ4n) is 1.15. The molecule has 0 atom stereocenters. The maximum Gasteiger partial charge on any atom is 0.272 e. The summed E-state index contributed by atoms with van der Waals surface area (Å²) in [5.74, 6) is -2.24. The molecule has 0 unspecified atom stereocenters. The predicted octanol–water partition coefficient (Wildman–Crippen LogP) is 2.98. The number of anilines is 1. The summed E-state index contributed by atoms with van der Waals surface area (Å²) in [4.78, 5) is 2.89. The highest BCUT2D eigenvalue weighted by atomic mass is 79.9. The first kappa shape index (κ1) is 13.4. The Morgan fingerprint density at radius 1 is 1.28 bits per heavy atom. The van der Waals surface area contributed by atoms with Crippen LogP contribution in [0.1, 0.15) is 0 Å². The molecule has 0 aromatic carbocycles. The average Bonchev–Trinajstić information content (AvgIpc) is 2.69. The molecule has 0 aliphatic heterocycles. The molecule has 18 heavy (non-hydrogen) atoms. The zero-order chi connectivity index (χ0) is 13.3. The van der Waals surface area contributed by atoms with E-state index in [1.54, 1.807) is 11.4 Å². The van der Waals surface area contributed by atoms with Crippen molar-refractivity contribution < 1.29 is 17.2 Å². The van der Waals surface area contributed by atoms with Gasteiger partial charge in [-0.15, -0.1) is 11.3 Å². The minimum absolute atomic E-state index is 0.00576. The van der Waals surface area contributed by atoms with Gasteiger partial charge in [-0.1, -0.05) is 0 Å². The van der Waals surface area contributed by atoms with Gasteiger partial charge in [0, 0.05) is 4.47 Å². The molecule has 0 fully saturated rings. The van der Waals surface area contributed by atoms with E-state index in [-0.39, 0.29) is 4.21 Å². The van der Waals surface area contributed by atoms with Crippen molar-refractivity contribution in [3.05, 3.63) is 39.9 Å². The van der Waals surface area contributed by atoms with Crippen molar-refractivity contribution in [2.24, 2.45) is 0 Å². The van der Waals surface area contributed by atoms with Crippen LogP contribution in [-0.2, 0) is 10.0 Å². The molecular weight excluding hydrogens is 350 g/mol. The van der Waals surface area contributed by atoms with E-state index in [1.165, 1.54) is 0 Å². The number of nitrogens with one attached hydrogen (secondary N) is 1. The van der Waals surface area contributed by atoms with Crippen molar-refractivity contribution in [1.82, 2.24) is 4.98 Å². The predicted molar refractivity (Wildman–Crippen MR) is 67.0 cm³/mol. The first-order valence-electron chi connectivity index (χ1n) is 4.48. The van der Waals surface area contributed by atoms with Crippen molar-refractivity contribution in [3.8, 4) is 0 Å². The van der Waals surface area contributed by atoms with Crippen LogP contribution in [0.25, 0.3) is 0 Å². The number of pyridine rings is 1. The molecule has 1 N–H and O–H groups in total. The lowest BCUT2D eigenvalue weighted by molar-refractivity contribution is 0.515. The van der Waals surface area contributed by atoms with E-state index in [1.807, 2.05) is 4.72 Å². The van der Waals surface area contributed by atoms with Crippen molar-refractivity contribution in [3.63, 3.8) is 0 Å². The van der Waals surface area contributed by atoms with Gasteiger partial charge >= 0.3 is 0 Å². The summed E-state index contributed by atoms with van der Waals surface area (Å²) in [5.41, 5.74) is -0.406. The third kappa shape index (κ3) is 2.68. The minimum atomic E-state index is -3.92. The van der Waals surface area contributed by atoms with Crippen LogP contribution in [-0.4, -0.2) is 13.4 Å². The molecule has 2 aromatic rings. The highest BCUT2D eigenvalue weighted by Crippen LogP contribution is 2.29. The molecule has 9 heteroatoms. The van der Waals surface area contributed by atoms with Gasteiger partial charge in [-0.2, -0.15) is 13.8 Å². The summed E-state index contributed by atoms with van der Waals surface area (Å²) in [6.07, 6.45) is 0. The summed E-state index contributed by atoms with van der Waals surface area (Å²) in [6.45, 7) is 0. The molecular formula is C9H5BrF2N2O2S2. The summed E-state index contributed by atoms with van der Waals surface area (Å²) in [6, 6.07) is 3.39. The van der Waals surface area contributed by atoms with Crippen molar-refractivity contribution in [2.45, 2.75) is 4.21 Å². The Balaban J connectivity index is 2.37. The number of hydrogen-bond acceptors (Lipinski definition) is 4. The first-order valence-corrected chi connectivity index (χ1v) is 7.63. The lowest BCUT2D eigenvalue weighted by Crippen LogP contribution is -2.13. The van der Waals surface area contributed by atoms with Gasteiger partial charge in [0.15, 0.2) is 4.21 Å². The van der Waals surface area contributed by atoms with Crippen LogP contribution in [0.2, 0.25) is 0 Å². The Hall–Kier alpha value is -1.06. The standard InChI is InChI=1S/C9H5BrF2N2O2S2/c10-5-3-4-17-9(5)18(15,16)14-6-1-2-7(11)13-8(6)12/h1-4,14H. The van der Waals surface area contributed by atoms with Crippen LogP contribution >= 0.6 is 27.3 Å².